The van der Waals surface area contributed by atoms with Gasteiger partial charge in [-0.15, -0.1) is 10.2 Å². The van der Waals surface area contributed by atoms with Crippen molar-refractivity contribution in [2.24, 2.45) is 0 Å². The molecule has 2 aromatic rings. The van der Waals surface area contributed by atoms with Crippen molar-refractivity contribution in [2.45, 2.75) is 39.7 Å². The highest BCUT2D eigenvalue weighted by atomic mass is 32.1. The van der Waals surface area contributed by atoms with Gasteiger partial charge < -0.3 is 9.84 Å². The molecule has 0 saturated carbocycles. The van der Waals surface area contributed by atoms with Gasteiger partial charge in [-0.3, -0.25) is 5.32 Å². The Bertz CT molecular complexity index is 599. The first kappa shape index (κ1) is 14.4. The molecule has 0 saturated heterocycles. The Labute approximate surface area is 120 Å². The van der Waals surface area contributed by atoms with E-state index in [1.165, 1.54) is 11.3 Å². The third-order valence-electron chi connectivity index (χ3n) is 2.39. The first-order valence-corrected chi connectivity index (χ1v) is 6.97. The predicted molar refractivity (Wildman–Crippen MR) is 75.7 cm³/mol. The first-order chi connectivity index (χ1) is 9.34. The molecule has 0 bridgehead atoms. The summed E-state index contributed by atoms with van der Waals surface area (Å²) in [5.41, 5.74) is 0.594. The molecule has 8 heteroatoms. The monoisotopic (exact) mass is 295 g/mol. The Hall–Kier alpha value is -1.96. The third-order valence-corrected chi connectivity index (χ3v) is 3.66. The number of carbonyl (C=O) groups excluding carboxylic acids is 1. The number of hydrogen-bond acceptors (Lipinski definition) is 6. The molecular formula is C12H17N5O2S. The van der Waals surface area contributed by atoms with Gasteiger partial charge in [0.2, 0.25) is 5.13 Å². The average molecular weight is 295 g/mol. The van der Waals surface area contributed by atoms with Gasteiger partial charge in [-0.2, -0.15) is 0 Å². The molecule has 2 aromatic heterocycles. The highest BCUT2D eigenvalue weighted by molar-refractivity contribution is 7.15. The second kappa shape index (κ2) is 5.58. The van der Waals surface area contributed by atoms with Gasteiger partial charge >= 0.3 is 6.03 Å². The summed E-state index contributed by atoms with van der Waals surface area (Å²) in [6.45, 7) is 8.23. The summed E-state index contributed by atoms with van der Waals surface area (Å²) in [6, 6.07) is 1.42. The predicted octanol–water partition coefficient (Wildman–Crippen LogP) is 2.45. The number of hydrogen-bond donors (Lipinski definition) is 2. The lowest BCUT2D eigenvalue weighted by atomic mass is 9.98. The maximum absolute atomic E-state index is 11.7. The number of carbonyl (C=O) groups is 1. The molecule has 0 aromatic carbocycles. The molecule has 108 valence electrons. The molecule has 0 radical (unpaired) electrons. The fourth-order valence-corrected chi connectivity index (χ4v) is 2.19. The van der Waals surface area contributed by atoms with E-state index >= 15 is 0 Å². The quantitative estimate of drug-likeness (QED) is 0.907. The lowest BCUT2D eigenvalue weighted by Crippen LogP contribution is -2.28. The van der Waals surface area contributed by atoms with Gasteiger partial charge in [0, 0.05) is 11.5 Å². The number of rotatable bonds is 3. The second-order valence-electron chi connectivity index (χ2n) is 5.40. The van der Waals surface area contributed by atoms with Crippen molar-refractivity contribution < 1.29 is 9.32 Å². The van der Waals surface area contributed by atoms with Crippen LogP contribution in [0.5, 0.6) is 0 Å². The molecule has 2 heterocycles. The van der Waals surface area contributed by atoms with E-state index in [9.17, 15) is 4.79 Å². The van der Waals surface area contributed by atoms with Crippen LogP contribution in [0, 0.1) is 6.92 Å². The van der Waals surface area contributed by atoms with Crippen LogP contribution >= 0.6 is 11.3 Å². The summed E-state index contributed by atoms with van der Waals surface area (Å²) in [6.07, 6.45) is 0. The van der Waals surface area contributed by atoms with E-state index in [0.717, 1.165) is 5.01 Å². The Kier molecular flexibility index (Phi) is 4.03. The molecule has 0 aliphatic rings. The Balaban J connectivity index is 1.87. The number of urea groups is 1. The maximum Gasteiger partial charge on any atom is 0.321 e. The SMILES string of the molecule is Cc1cc(CNC(=O)Nc2nnc(C(C)(C)C)s2)no1. The average Bonchev–Trinajstić information content (AvgIpc) is 2.95. The summed E-state index contributed by atoms with van der Waals surface area (Å²) in [7, 11) is 0. The zero-order chi connectivity index (χ0) is 14.8. The van der Waals surface area contributed by atoms with Crippen molar-refractivity contribution in [3.8, 4) is 0 Å². The maximum atomic E-state index is 11.7. The van der Waals surface area contributed by atoms with Crippen molar-refractivity contribution >= 4 is 22.5 Å². The standard InChI is InChI=1S/C12H17N5O2S/c1-7-5-8(17-19-7)6-13-10(18)14-11-16-15-9(20-11)12(2,3)4/h5H,6H2,1-4H3,(H2,13,14,16,18). The molecule has 0 aliphatic heterocycles. The molecule has 0 aliphatic carbocycles. The zero-order valence-corrected chi connectivity index (χ0v) is 12.7. The normalized spacial score (nSPS) is 11.4. The first-order valence-electron chi connectivity index (χ1n) is 6.15. The van der Waals surface area contributed by atoms with Gasteiger partial charge in [0.25, 0.3) is 0 Å². The van der Waals surface area contributed by atoms with Gasteiger partial charge in [-0.1, -0.05) is 37.3 Å². The van der Waals surface area contributed by atoms with E-state index in [1.54, 1.807) is 13.0 Å². The molecule has 0 fully saturated rings. The van der Waals surface area contributed by atoms with Crippen LogP contribution < -0.4 is 10.6 Å². The fourth-order valence-electron chi connectivity index (χ4n) is 1.39. The third kappa shape index (κ3) is 3.77. The summed E-state index contributed by atoms with van der Waals surface area (Å²) in [5, 5.41) is 18.5. The Morgan fingerprint density at radius 1 is 1.40 bits per heavy atom. The van der Waals surface area contributed by atoms with Gasteiger partial charge in [-0.05, 0) is 6.92 Å². The molecule has 2 rings (SSSR count). The number of nitrogens with one attached hydrogen (secondary N) is 2. The van der Waals surface area contributed by atoms with Gasteiger partial charge in [0.15, 0.2) is 0 Å². The molecule has 0 spiro atoms. The van der Waals surface area contributed by atoms with Crippen molar-refractivity contribution in [1.29, 1.82) is 0 Å². The molecule has 2 amide bonds. The molecule has 20 heavy (non-hydrogen) atoms. The van der Waals surface area contributed by atoms with Gasteiger partial charge in [0.1, 0.15) is 16.5 Å². The minimum atomic E-state index is -0.345. The van der Waals surface area contributed by atoms with Gasteiger partial charge in [0.05, 0.1) is 6.54 Å². The zero-order valence-electron chi connectivity index (χ0n) is 11.9. The van der Waals surface area contributed by atoms with Crippen LogP contribution in [-0.2, 0) is 12.0 Å². The number of aryl methyl sites for hydroxylation is 1. The smallest absolute Gasteiger partial charge is 0.321 e. The number of nitrogens with zero attached hydrogens (tertiary/aromatic N) is 3. The van der Waals surface area contributed by atoms with Crippen LogP contribution in [0.25, 0.3) is 0 Å². The minimum Gasteiger partial charge on any atom is -0.361 e. The number of aromatic nitrogens is 3. The van der Waals surface area contributed by atoms with E-state index in [1.807, 2.05) is 20.8 Å². The van der Waals surface area contributed by atoms with Crippen molar-refractivity contribution in [1.82, 2.24) is 20.7 Å². The lowest BCUT2D eigenvalue weighted by molar-refractivity contribution is 0.251. The fraction of sp³-hybridized carbons (Fsp3) is 0.500. The Morgan fingerprint density at radius 2 is 2.15 bits per heavy atom. The Morgan fingerprint density at radius 3 is 2.70 bits per heavy atom. The summed E-state index contributed by atoms with van der Waals surface area (Å²) in [4.78, 5) is 11.7. The van der Waals surface area contributed by atoms with E-state index in [4.69, 9.17) is 4.52 Å². The largest absolute Gasteiger partial charge is 0.361 e. The van der Waals surface area contributed by atoms with Crippen LogP contribution in [-0.4, -0.2) is 21.4 Å². The second-order valence-corrected chi connectivity index (χ2v) is 6.38. The van der Waals surface area contributed by atoms with Crippen LogP contribution in [0.4, 0.5) is 9.93 Å². The molecular weight excluding hydrogens is 278 g/mol. The summed E-state index contributed by atoms with van der Waals surface area (Å²) < 4.78 is 4.91. The van der Waals surface area contributed by atoms with E-state index in [0.29, 0.717) is 23.1 Å². The summed E-state index contributed by atoms with van der Waals surface area (Å²) in [5.74, 6) is 0.709. The highest BCUT2D eigenvalue weighted by Gasteiger charge is 2.19. The highest BCUT2D eigenvalue weighted by Crippen LogP contribution is 2.27. The van der Waals surface area contributed by atoms with E-state index < -0.39 is 0 Å². The number of anilines is 1. The van der Waals surface area contributed by atoms with Crippen LogP contribution in [0.3, 0.4) is 0 Å². The minimum absolute atomic E-state index is 0.0771. The molecule has 7 nitrogen and oxygen atoms in total. The summed E-state index contributed by atoms with van der Waals surface area (Å²) >= 11 is 1.37. The van der Waals surface area contributed by atoms with Crippen molar-refractivity contribution in [3.05, 3.63) is 22.5 Å². The van der Waals surface area contributed by atoms with E-state index in [2.05, 4.69) is 26.0 Å². The van der Waals surface area contributed by atoms with Crippen LogP contribution in [0.15, 0.2) is 10.6 Å². The van der Waals surface area contributed by atoms with E-state index in [-0.39, 0.29) is 11.4 Å². The van der Waals surface area contributed by atoms with Crippen LogP contribution in [0.1, 0.15) is 37.2 Å². The topological polar surface area (TPSA) is 92.9 Å². The molecule has 0 unspecified atom stereocenters. The van der Waals surface area contributed by atoms with Gasteiger partial charge in [-0.25, -0.2) is 4.79 Å². The number of amides is 2. The van der Waals surface area contributed by atoms with Crippen molar-refractivity contribution in [3.63, 3.8) is 0 Å². The molecule has 0 atom stereocenters. The van der Waals surface area contributed by atoms with Crippen molar-refractivity contribution in [2.75, 3.05) is 5.32 Å². The lowest BCUT2D eigenvalue weighted by Gasteiger charge is -2.12. The molecule has 2 N–H and O–H groups in total. The van der Waals surface area contributed by atoms with Crippen LogP contribution in [0.2, 0.25) is 0 Å².